The number of methoxy groups -OCH3 is 1. The highest BCUT2D eigenvalue weighted by atomic mass is 16.8. The first-order chi connectivity index (χ1) is 18.1. The number of hydrogen-bond acceptors (Lipinski definition) is 11. The van der Waals surface area contributed by atoms with Crippen molar-refractivity contribution >= 4 is 24.2 Å². The molecule has 0 aromatic heterocycles. The molecule has 0 saturated heterocycles. The quantitative estimate of drug-likeness (QED) is 0.201. The Morgan fingerprint density at radius 2 is 1.33 bits per heavy atom. The summed E-state index contributed by atoms with van der Waals surface area (Å²) >= 11 is 0. The van der Waals surface area contributed by atoms with Crippen LogP contribution in [0.4, 0.5) is 9.59 Å². The number of hydrogen-bond donors (Lipinski definition) is 1. The van der Waals surface area contributed by atoms with Gasteiger partial charge in [-0.25, -0.2) is 9.59 Å². The Balaban J connectivity index is 3.31. The van der Waals surface area contributed by atoms with Crippen molar-refractivity contribution in [3.8, 4) is 11.5 Å². The van der Waals surface area contributed by atoms with E-state index in [9.17, 15) is 19.2 Å². The monoisotopic (exact) mass is 553 g/mol. The third-order valence-corrected chi connectivity index (χ3v) is 6.22. The van der Waals surface area contributed by atoms with Gasteiger partial charge in [-0.15, -0.1) is 0 Å². The Labute approximate surface area is 230 Å². The summed E-state index contributed by atoms with van der Waals surface area (Å²) in [6, 6.07) is 4.35. The van der Waals surface area contributed by atoms with Gasteiger partial charge in [0, 0.05) is 19.3 Å². The smallest absolute Gasteiger partial charge is 0.468 e. The van der Waals surface area contributed by atoms with Crippen molar-refractivity contribution in [2.24, 2.45) is 17.6 Å². The number of ether oxygens (including phenoxy) is 6. The minimum atomic E-state index is -1.58. The van der Waals surface area contributed by atoms with Gasteiger partial charge in [0.15, 0.2) is 11.5 Å². The van der Waals surface area contributed by atoms with E-state index in [2.05, 4.69) is 0 Å². The van der Waals surface area contributed by atoms with E-state index in [0.29, 0.717) is 5.56 Å². The Hall–Kier alpha value is -3.34. The van der Waals surface area contributed by atoms with Crippen LogP contribution in [0.2, 0.25) is 0 Å². The van der Waals surface area contributed by atoms with Crippen LogP contribution in [0, 0.1) is 11.8 Å². The van der Waals surface area contributed by atoms with E-state index >= 15 is 0 Å². The van der Waals surface area contributed by atoms with Gasteiger partial charge in [0.2, 0.25) is 0 Å². The van der Waals surface area contributed by atoms with Crippen molar-refractivity contribution in [1.29, 1.82) is 0 Å². The maximum absolute atomic E-state index is 12.7. The largest absolute Gasteiger partial charge is 0.514 e. The van der Waals surface area contributed by atoms with Crippen LogP contribution in [0.15, 0.2) is 18.2 Å². The van der Waals surface area contributed by atoms with Gasteiger partial charge in [-0.05, 0) is 50.3 Å². The summed E-state index contributed by atoms with van der Waals surface area (Å²) in [5, 5.41) is 0. The van der Waals surface area contributed by atoms with E-state index in [1.807, 2.05) is 27.7 Å². The van der Waals surface area contributed by atoms with E-state index in [4.69, 9.17) is 34.2 Å². The normalized spacial score (nSPS) is 15.0. The molecule has 2 N–H and O–H groups in total. The first kappa shape index (κ1) is 33.7. The lowest BCUT2D eigenvalue weighted by molar-refractivity contribution is -0.154. The second-order valence-electron chi connectivity index (χ2n) is 10.3. The molecule has 11 nitrogen and oxygen atoms in total. The molecule has 39 heavy (non-hydrogen) atoms. The fraction of sp³-hybridized carbons (Fsp3) is 0.643. The molecule has 11 heteroatoms. The summed E-state index contributed by atoms with van der Waals surface area (Å²) in [7, 11) is 1.20. The molecule has 0 radical (unpaired) electrons. The summed E-state index contributed by atoms with van der Waals surface area (Å²) in [5.41, 5.74) is 5.32. The Bertz CT molecular complexity index is 993. The van der Waals surface area contributed by atoms with Crippen LogP contribution in [0.25, 0.3) is 0 Å². The highest BCUT2D eigenvalue weighted by molar-refractivity contribution is 5.81. The molecular formula is C28H43NO10. The second-order valence-corrected chi connectivity index (χ2v) is 10.3. The molecule has 1 aromatic rings. The van der Waals surface area contributed by atoms with E-state index in [-0.39, 0.29) is 42.6 Å². The number of nitrogens with two attached hydrogens (primary N) is 1. The van der Waals surface area contributed by atoms with E-state index in [1.54, 1.807) is 33.8 Å². The minimum Gasteiger partial charge on any atom is -0.468 e. The fourth-order valence-corrected chi connectivity index (χ4v) is 3.29. The standard InChI is InChI=1S/C28H43NO10/c1-10-24(30)35-18(6)14-28(29,25(31)34-9)15-21-11-12-22(38-26(32)36-19(7)16(2)3)23(13-21)39-27(33)37-20(8)17(4)5/h11-13,16-20H,10,14-15,29H2,1-9H3/t18-,19?,20?,28?/m0/s1. The summed E-state index contributed by atoms with van der Waals surface area (Å²) < 4.78 is 31.5. The van der Waals surface area contributed by atoms with Crippen molar-refractivity contribution < 1.29 is 47.6 Å². The summed E-state index contributed by atoms with van der Waals surface area (Å²) in [6.07, 6.45) is -3.45. The summed E-state index contributed by atoms with van der Waals surface area (Å²) in [4.78, 5) is 49.2. The molecule has 0 aliphatic carbocycles. The van der Waals surface area contributed by atoms with Crippen molar-refractivity contribution in [3.05, 3.63) is 23.8 Å². The molecule has 1 rings (SSSR count). The lowest BCUT2D eigenvalue weighted by Gasteiger charge is -2.29. The van der Waals surface area contributed by atoms with E-state index < -0.39 is 48.1 Å². The third kappa shape index (κ3) is 11.1. The van der Waals surface area contributed by atoms with Gasteiger partial charge >= 0.3 is 24.2 Å². The average Bonchev–Trinajstić information content (AvgIpc) is 2.84. The second kappa shape index (κ2) is 15.3. The van der Waals surface area contributed by atoms with Crippen molar-refractivity contribution in [2.45, 2.75) is 98.5 Å². The molecule has 0 saturated carbocycles. The van der Waals surface area contributed by atoms with Crippen molar-refractivity contribution in [3.63, 3.8) is 0 Å². The maximum atomic E-state index is 12.7. The highest BCUT2D eigenvalue weighted by Crippen LogP contribution is 2.32. The number of carbonyl (C=O) groups is 4. The van der Waals surface area contributed by atoms with Gasteiger partial charge in [0.1, 0.15) is 23.9 Å². The first-order valence-corrected chi connectivity index (χ1v) is 13.1. The van der Waals surface area contributed by atoms with Crippen LogP contribution >= 0.6 is 0 Å². The highest BCUT2D eigenvalue weighted by Gasteiger charge is 2.38. The SMILES string of the molecule is CCC(=O)O[C@@H](C)CC(N)(Cc1ccc(OC(=O)OC(C)C(C)C)c(OC(=O)OC(C)C(C)C)c1)C(=O)OC. The molecule has 0 heterocycles. The zero-order valence-electron chi connectivity index (χ0n) is 24.4. The van der Waals surface area contributed by atoms with Crippen LogP contribution in [0.1, 0.15) is 73.8 Å². The molecular weight excluding hydrogens is 510 g/mol. The average molecular weight is 554 g/mol. The fourth-order valence-electron chi connectivity index (χ4n) is 3.29. The maximum Gasteiger partial charge on any atom is 0.514 e. The van der Waals surface area contributed by atoms with Gasteiger partial charge in [-0.1, -0.05) is 40.7 Å². The predicted molar refractivity (Wildman–Crippen MR) is 142 cm³/mol. The van der Waals surface area contributed by atoms with Crippen LogP contribution in [0.5, 0.6) is 11.5 Å². The molecule has 0 fully saturated rings. The number of benzene rings is 1. The Morgan fingerprint density at radius 1 is 0.821 bits per heavy atom. The molecule has 1 aromatic carbocycles. The van der Waals surface area contributed by atoms with Gasteiger partial charge in [-0.2, -0.15) is 0 Å². The molecule has 0 bridgehead atoms. The lowest BCUT2D eigenvalue weighted by atomic mass is 9.86. The molecule has 0 aliphatic rings. The Morgan fingerprint density at radius 3 is 1.79 bits per heavy atom. The molecule has 0 amide bonds. The molecule has 0 spiro atoms. The van der Waals surface area contributed by atoms with Gasteiger partial charge in [0.25, 0.3) is 0 Å². The van der Waals surface area contributed by atoms with Crippen molar-refractivity contribution in [2.75, 3.05) is 7.11 Å². The zero-order chi connectivity index (χ0) is 29.9. The number of rotatable bonds is 13. The van der Waals surface area contributed by atoms with Crippen LogP contribution in [-0.4, -0.2) is 55.2 Å². The predicted octanol–water partition coefficient (Wildman–Crippen LogP) is 4.95. The number of carbonyl (C=O) groups excluding carboxylic acids is 4. The van der Waals surface area contributed by atoms with Crippen LogP contribution in [0.3, 0.4) is 0 Å². The molecule has 3 unspecified atom stereocenters. The summed E-state index contributed by atoms with van der Waals surface area (Å²) in [6.45, 7) is 14.3. The van der Waals surface area contributed by atoms with Crippen LogP contribution < -0.4 is 15.2 Å². The minimum absolute atomic E-state index is 0.0345. The Kier molecular flexibility index (Phi) is 13.2. The molecule has 4 atom stereocenters. The topological polar surface area (TPSA) is 150 Å². The zero-order valence-corrected chi connectivity index (χ0v) is 24.4. The summed E-state index contributed by atoms with van der Waals surface area (Å²) in [5.74, 6) is -1.30. The van der Waals surface area contributed by atoms with Crippen LogP contribution in [-0.2, 0) is 35.0 Å². The van der Waals surface area contributed by atoms with Gasteiger partial charge in [-0.3, -0.25) is 9.59 Å². The molecule has 0 aliphatic heterocycles. The van der Waals surface area contributed by atoms with E-state index in [1.165, 1.54) is 19.2 Å². The lowest BCUT2D eigenvalue weighted by Crippen LogP contribution is -2.53. The molecule has 220 valence electrons. The first-order valence-electron chi connectivity index (χ1n) is 13.1. The number of esters is 2. The van der Waals surface area contributed by atoms with Gasteiger partial charge in [0.05, 0.1) is 7.11 Å². The third-order valence-electron chi connectivity index (χ3n) is 6.22. The van der Waals surface area contributed by atoms with Crippen molar-refractivity contribution in [1.82, 2.24) is 0 Å². The van der Waals surface area contributed by atoms with Gasteiger partial charge < -0.3 is 34.2 Å². The van der Waals surface area contributed by atoms with E-state index in [0.717, 1.165) is 0 Å².